The van der Waals surface area contributed by atoms with Gasteiger partial charge in [-0.2, -0.15) is 0 Å². The fourth-order valence-corrected chi connectivity index (χ4v) is 3.21. The fraction of sp³-hybridized carbons (Fsp3) is 0.263. The van der Waals surface area contributed by atoms with Crippen molar-refractivity contribution in [3.63, 3.8) is 0 Å². The average molecular weight is 372 g/mol. The minimum atomic E-state index is -0.0652. The Kier molecular flexibility index (Phi) is 4.77. The van der Waals surface area contributed by atoms with Gasteiger partial charge in [0.2, 0.25) is 0 Å². The SMILES string of the molecule is O=C(c1cnc2ccc(Cl)cc2c1NCc1ccco1)N1CCOCC1. The quantitative estimate of drug-likeness (QED) is 0.759. The summed E-state index contributed by atoms with van der Waals surface area (Å²) in [4.78, 5) is 19.3. The van der Waals surface area contributed by atoms with E-state index in [0.717, 1.165) is 16.7 Å². The number of amides is 1. The number of morpholine rings is 1. The van der Waals surface area contributed by atoms with Gasteiger partial charge in [-0.15, -0.1) is 0 Å². The zero-order valence-electron chi connectivity index (χ0n) is 14.1. The van der Waals surface area contributed by atoms with Crippen molar-refractivity contribution in [2.75, 3.05) is 31.6 Å². The highest BCUT2D eigenvalue weighted by Crippen LogP contribution is 2.30. The molecule has 0 radical (unpaired) electrons. The number of nitrogens with zero attached hydrogens (tertiary/aromatic N) is 2. The van der Waals surface area contributed by atoms with E-state index in [1.54, 1.807) is 23.4 Å². The molecule has 1 fully saturated rings. The number of aromatic nitrogens is 1. The van der Waals surface area contributed by atoms with Gasteiger partial charge in [-0.3, -0.25) is 9.78 Å². The molecule has 0 bridgehead atoms. The predicted molar refractivity (Wildman–Crippen MR) is 99.5 cm³/mol. The van der Waals surface area contributed by atoms with Crippen LogP contribution >= 0.6 is 11.6 Å². The second-order valence-corrected chi connectivity index (χ2v) is 6.48. The van der Waals surface area contributed by atoms with Crippen molar-refractivity contribution in [1.82, 2.24) is 9.88 Å². The van der Waals surface area contributed by atoms with E-state index in [0.29, 0.717) is 49.1 Å². The number of pyridine rings is 1. The number of carbonyl (C=O) groups excluding carboxylic acids is 1. The third-order valence-electron chi connectivity index (χ3n) is 4.38. The second-order valence-electron chi connectivity index (χ2n) is 6.05. The Hall–Kier alpha value is -2.57. The first-order chi connectivity index (χ1) is 12.7. The van der Waals surface area contributed by atoms with Gasteiger partial charge in [0.05, 0.1) is 42.8 Å². The molecule has 1 aromatic carbocycles. The molecule has 4 rings (SSSR count). The van der Waals surface area contributed by atoms with Gasteiger partial charge in [-0.05, 0) is 30.3 Å². The predicted octanol–water partition coefficient (Wildman–Crippen LogP) is 3.57. The summed E-state index contributed by atoms with van der Waals surface area (Å²) in [6, 6.07) is 9.17. The van der Waals surface area contributed by atoms with Crippen LogP contribution in [0.5, 0.6) is 0 Å². The van der Waals surface area contributed by atoms with E-state index in [2.05, 4.69) is 10.3 Å². The van der Waals surface area contributed by atoms with Gasteiger partial charge >= 0.3 is 0 Å². The molecule has 7 heteroatoms. The standard InChI is InChI=1S/C19H18ClN3O3/c20-13-3-4-17-15(10-13)18(22-11-14-2-1-7-26-14)16(12-21-17)19(24)23-5-8-25-9-6-23/h1-4,7,10,12H,5-6,8-9,11H2,(H,21,22). The minimum Gasteiger partial charge on any atom is -0.467 e. The van der Waals surface area contributed by atoms with E-state index in [-0.39, 0.29) is 5.91 Å². The molecule has 3 heterocycles. The Morgan fingerprint density at radius 1 is 1.27 bits per heavy atom. The number of hydrogen-bond acceptors (Lipinski definition) is 5. The molecule has 134 valence electrons. The number of rotatable bonds is 4. The zero-order chi connectivity index (χ0) is 17.9. The van der Waals surface area contributed by atoms with Crippen molar-refractivity contribution in [1.29, 1.82) is 0 Å². The topological polar surface area (TPSA) is 67.6 Å². The first-order valence-electron chi connectivity index (χ1n) is 8.44. The van der Waals surface area contributed by atoms with Crippen molar-refractivity contribution in [3.05, 3.63) is 59.1 Å². The number of fused-ring (bicyclic) bond motifs is 1. The van der Waals surface area contributed by atoms with Gasteiger partial charge in [0.25, 0.3) is 5.91 Å². The molecule has 3 aromatic rings. The first-order valence-corrected chi connectivity index (χ1v) is 8.82. The van der Waals surface area contributed by atoms with E-state index in [4.69, 9.17) is 20.8 Å². The molecular formula is C19H18ClN3O3. The molecule has 1 aliphatic heterocycles. The molecule has 1 amide bonds. The molecule has 1 N–H and O–H groups in total. The van der Waals surface area contributed by atoms with Crippen LogP contribution in [0.1, 0.15) is 16.1 Å². The fourth-order valence-electron chi connectivity index (χ4n) is 3.04. The lowest BCUT2D eigenvalue weighted by Crippen LogP contribution is -2.41. The number of benzene rings is 1. The maximum absolute atomic E-state index is 13.0. The third-order valence-corrected chi connectivity index (χ3v) is 4.61. The largest absolute Gasteiger partial charge is 0.467 e. The van der Waals surface area contributed by atoms with Crippen LogP contribution in [0.15, 0.2) is 47.2 Å². The molecular weight excluding hydrogens is 354 g/mol. The number of halogens is 1. The second kappa shape index (κ2) is 7.35. The van der Waals surface area contributed by atoms with Gasteiger partial charge in [-0.25, -0.2) is 0 Å². The molecule has 0 atom stereocenters. The molecule has 0 saturated carbocycles. The van der Waals surface area contributed by atoms with Crippen LogP contribution in [-0.2, 0) is 11.3 Å². The Morgan fingerprint density at radius 2 is 2.12 bits per heavy atom. The van der Waals surface area contributed by atoms with E-state index in [9.17, 15) is 4.79 Å². The van der Waals surface area contributed by atoms with Crippen LogP contribution in [-0.4, -0.2) is 42.1 Å². The molecule has 1 saturated heterocycles. The average Bonchev–Trinajstić information content (AvgIpc) is 3.19. The van der Waals surface area contributed by atoms with Crippen molar-refractivity contribution in [2.45, 2.75) is 6.54 Å². The van der Waals surface area contributed by atoms with Gasteiger partial charge in [0.1, 0.15) is 5.76 Å². The normalized spacial score (nSPS) is 14.6. The maximum Gasteiger partial charge on any atom is 0.257 e. The summed E-state index contributed by atoms with van der Waals surface area (Å²) in [7, 11) is 0. The Bertz CT molecular complexity index is 921. The number of furan rings is 1. The van der Waals surface area contributed by atoms with Crippen molar-refractivity contribution in [3.8, 4) is 0 Å². The van der Waals surface area contributed by atoms with Crippen molar-refractivity contribution in [2.24, 2.45) is 0 Å². The molecule has 0 aliphatic carbocycles. The van der Waals surface area contributed by atoms with Crippen LogP contribution in [0.4, 0.5) is 5.69 Å². The van der Waals surface area contributed by atoms with Crippen LogP contribution in [0.2, 0.25) is 5.02 Å². The van der Waals surface area contributed by atoms with Crippen molar-refractivity contribution >= 4 is 34.1 Å². The van der Waals surface area contributed by atoms with E-state index < -0.39 is 0 Å². The molecule has 6 nitrogen and oxygen atoms in total. The smallest absolute Gasteiger partial charge is 0.257 e. The highest BCUT2D eigenvalue weighted by Gasteiger charge is 2.23. The summed E-state index contributed by atoms with van der Waals surface area (Å²) in [5, 5.41) is 4.74. The third kappa shape index (κ3) is 3.38. The number of nitrogens with one attached hydrogen (secondary N) is 1. The molecule has 2 aromatic heterocycles. The highest BCUT2D eigenvalue weighted by molar-refractivity contribution is 6.31. The van der Waals surface area contributed by atoms with E-state index in [1.807, 2.05) is 24.3 Å². The van der Waals surface area contributed by atoms with Gasteiger partial charge in [-0.1, -0.05) is 11.6 Å². The Labute approximate surface area is 155 Å². The Morgan fingerprint density at radius 3 is 2.88 bits per heavy atom. The lowest BCUT2D eigenvalue weighted by atomic mass is 10.1. The summed E-state index contributed by atoms with van der Waals surface area (Å²) in [5.41, 5.74) is 2.01. The van der Waals surface area contributed by atoms with Crippen LogP contribution in [0.3, 0.4) is 0 Å². The Balaban J connectivity index is 1.74. The number of anilines is 1. The number of ether oxygens (including phenoxy) is 1. The van der Waals surface area contributed by atoms with E-state index >= 15 is 0 Å². The summed E-state index contributed by atoms with van der Waals surface area (Å²) in [5.74, 6) is 0.714. The van der Waals surface area contributed by atoms with Gasteiger partial charge in [0.15, 0.2) is 0 Å². The van der Waals surface area contributed by atoms with Gasteiger partial charge in [0, 0.05) is 29.7 Å². The summed E-state index contributed by atoms with van der Waals surface area (Å²) < 4.78 is 10.7. The summed E-state index contributed by atoms with van der Waals surface area (Å²) in [6.45, 7) is 2.71. The first kappa shape index (κ1) is 16.9. The zero-order valence-corrected chi connectivity index (χ0v) is 14.8. The highest BCUT2D eigenvalue weighted by atomic mass is 35.5. The molecule has 0 unspecified atom stereocenters. The summed E-state index contributed by atoms with van der Waals surface area (Å²) >= 11 is 6.19. The molecule has 26 heavy (non-hydrogen) atoms. The molecule has 0 spiro atoms. The van der Waals surface area contributed by atoms with Crippen molar-refractivity contribution < 1.29 is 13.9 Å². The molecule has 1 aliphatic rings. The summed E-state index contributed by atoms with van der Waals surface area (Å²) in [6.07, 6.45) is 3.25. The number of hydrogen-bond donors (Lipinski definition) is 1. The lowest BCUT2D eigenvalue weighted by Gasteiger charge is -2.27. The van der Waals surface area contributed by atoms with Gasteiger partial charge < -0.3 is 19.4 Å². The number of carbonyl (C=O) groups is 1. The minimum absolute atomic E-state index is 0.0652. The van der Waals surface area contributed by atoms with Crippen LogP contribution in [0, 0.1) is 0 Å². The van der Waals surface area contributed by atoms with Crippen LogP contribution in [0.25, 0.3) is 10.9 Å². The monoisotopic (exact) mass is 371 g/mol. The maximum atomic E-state index is 13.0. The lowest BCUT2D eigenvalue weighted by molar-refractivity contribution is 0.0303. The van der Waals surface area contributed by atoms with Crippen LogP contribution < -0.4 is 5.32 Å². The van der Waals surface area contributed by atoms with E-state index in [1.165, 1.54) is 0 Å².